The topological polar surface area (TPSA) is 499 Å². The minimum absolute atomic E-state index is 0. The first-order chi connectivity index (χ1) is 39.9. The van der Waals surface area contributed by atoms with Crippen LogP contribution in [0.15, 0.2) is 0 Å². The van der Waals surface area contributed by atoms with Crippen LogP contribution in [-0.4, -0.2) is 257 Å². The minimum atomic E-state index is -1.78. The number of carbonyl (C=O) groups is 4. The van der Waals surface area contributed by atoms with E-state index in [0.29, 0.717) is 12.8 Å². The monoisotopic (exact) mass is 1460 g/mol. The largest absolute Gasteiger partial charge is 0.455 e. The van der Waals surface area contributed by atoms with Crippen LogP contribution in [0, 0.1) is 23.7 Å². The average molecular weight is 1460 g/mol. The number of rotatable bonds is 32. The van der Waals surface area contributed by atoms with E-state index in [9.17, 15) is 80.5 Å². The van der Waals surface area contributed by atoms with Crippen LogP contribution in [0.3, 0.4) is 0 Å². The van der Waals surface area contributed by atoms with Crippen LogP contribution in [0.4, 0.5) is 0 Å². The molecule has 26 unspecified atom stereocenters. The van der Waals surface area contributed by atoms with Crippen molar-refractivity contribution in [2.24, 2.45) is 23.7 Å². The van der Waals surface area contributed by atoms with Gasteiger partial charge in [0.2, 0.25) is 12.6 Å². The molecule has 0 amide bonds. The zero-order valence-corrected chi connectivity index (χ0v) is 49.0. The quantitative estimate of drug-likeness (QED) is 0.0108. The number of hydrogen-bond donors (Lipinski definition) is 14. The molecule has 4 heterocycles. The van der Waals surface area contributed by atoms with Gasteiger partial charge >= 0.3 is 23.9 Å². The summed E-state index contributed by atoms with van der Waals surface area (Å²) in [6.07, 6.45) is -32.7. The molecule has 36 heteroatoms. The second-order valence-corrected chi connectivity index (χ2v) is 21.2. The zero-order chi connectivity index (χ0) is 63.1. The Kier molecular flexibility index (Phi) is 69.5. The second-order valence-electron chi connectivity index (χ2n) is 20.3. The number of esters is 4. The molecule has 34 nitrogen and oxygen atoms in total. The van der Waals surface area contributed by atoms with Crippen molar-refractivity contribution in [3.8, 4) is 0 Å². The summed E-state index contributed by atoms with van der Waals surface area (Å²) in [4.78, 5) is 50.9. The van der Waals surface area contributed by atoms with E-state index in [-0.39, 0.29) is 151 Å². The van der Waals surface area contributed by atoms with Crippen molar-refractivity contribution in [2.75, 3.05) is 26.4 Å². The Balaban J connectivity index is -0.000000171. The molecule has 0 aromatic rings. The molecule has 0 spiro atoms. The third-order valence-electron chi connectivity index (χ3n) is 14.2. The lowest BCUT2D eigenvalue weighted by Gasteiger charge is -2.46. The van der Waals surface area contributed by atoms with Crippen LogP contribution in [0.25, 0.3) is 0 Å². The maximum Gasteiger partial charge on any atom is 0.309 e. The van der Waals surface area contributed by atoms with Gasteiger partial charge in [-0.15, -0.1) is 8.67 Å². The summed E-state index contributed by atoms with van der Waals surface area (Å²) in [7, 11) is 0. The summed E-state index contributed by atoms with van der Waals surface area (Å²) < 4.78 is 74.6. The van der Waals surface area contributed by atoms with Gasteiger partial charge in [-0.3, -0.25) is 27.5 Å². The predicted molar refractivity (Wildman–Crippen MR) is 355 cm³/mol. The third-order valence-corrected chi connectivity index (χ3v) is 15.1. The first-order valence-electron chi connectivity index (χ1n) is 27.1. The fourth-order valence-electron chi connectivity index (χ4n) is 9.17. The van der Waals surface area contributed by atoms with Crippen LogP contribution in [0.1, 0.15) is 183 Å². The maximum atomic E-state index is 13.2. The van der Waals surface area contributed by atoms with Crippen molar-refractivity contribution in [1.82, 2.24) is 0 Å². The van der Waals surface area contributed by atoms with E-state index < -0.39 is 197 Å². The van der Waals surface area contributed by atoms with Crippen LogP contribution >= 0.6 is 24.6 Å². The van der Waals surface area contributed by atoms with Gasteiger partial charge in [0.1, 0.15) is 61.0 Å². The van der Waals surface area contributed by atoms with E-state index in [1.165, 1.54) is 13.8 Å². The molecule has 26 atom stereocenters. The summed E-state index contributed by atoms with van der Waals surface area (Å²) in [5, 5.41) is 146. The molecule has 4 aliphatic heterocycles. The Morgan fingerprint density at radius 2 is 0.656 bits per heavy atom. The lowest BCUT2D eigenvalue weighted by molar-refractivity contribution is -0.435. The van der Waals surface area contributed by atoms with Crippen LogP contribution in [0.5, 0.6) is 0 Å². The molecule has 14 N–H and O–H groups in total. The fourth-order valence-corrected chi connectivity index (χ4v) is 9.87. The summed E-state index contributed by atoms with van der Waals surface area (Å²) in [6, 6.07) is 0. The molecule has 4 fully saturated rings. The smallest absolute Gasteiger partial charge is 0.309 e. The van der Waals surface area contributed by atoms with Crippen molar-refractivity contribution in [3.63, 3.8) is 0 Å². The molecule has 0 aromatic carbocycles. The van der Waals surface area contributed by atoms with E-state index in [0.717, 1.165) is 0 Å². The number of carbonyl (C=O) groups excluding carboxylic acids is 4. The Hall–Kier alpha value is -2.46. The first kappa shape index (κ1) is 115. The van der Waals surface area contributed by atoms with Gasteiger partial charge < -0.3 is 109 Å². The zero-order valence-electron chi connectivity index (χ0n) is 47.3. The molecule has 4 aliphatic rings. The van der Waals surface area contributed by atoms with Crippen molar-refractivity contribution < 1.29 is 165 Å². The third kappa shape index (κ3) is 32.7. The Morgan fingerprint density at radius 3 is 0.938 bits per heavy atom. The van der Waals surface area contributed by atoms with E-state index in [2.05, 4.69) is 18.7 Å². The summed E-state index contributed by atoms with van der Waals surface area (Å²) in [5.74, 6) is -5.25. The van der Waals surface area contributed by atoms with Crippen molar-refractivity contribution in [1.29, 1.82) is 0 Å². The molecule has 0 radical (unpaired) electrons. The molecular formula is C60H132O34S2. The van der Waals surface area contributed by atoms with Gasteiger partial charge in [0.15, 0.2) is 73.9 Å². The van der Waals surface area contributed by atoms with Gasteiger partial charge in [0, 0.05) is 12.8 Å². The lowest BCUT2D eigenvalue weighted by atomic mass is 9.91. The molecule has 0 aromatic heterocycles. The predicted octanol–water partition coefficient (Wildman–Crippen LogP) is 4.75. The van der Waals surface area contributed by atoms with Crippen LogP contribution in [-0.2, 0) is 93.7 Å². The van der Waals surface area contributed by atoms with Crippen LogP contribution < -0.4 is 0 Å². The highest BCUT2D eigenvalue weighted by Gasteiger charge is 2.56. The lowest BCUT2D eigenvalue weighted by Crippen LogP contribution is -2.65. The maximum absolute atomic E-state index is 13.2. The van der Waals surface area contributed by atoms with Gasteiger partial charge in [-0.05, 0) is 37.5 Å². The molecule has 588 valence electrons. The molecule has 0 aliphatic carbocycles. The van der Waals surface area contributed by atoms with Gasteiger partial charge in [0.25, 0.3) is 0 Å². The summed E-state index contributed by atoms with van der Waals surface area (Å²) in [5.41, 5.74) is 0. The normalized spacial score (nSPS) is 31.2. The SMILES string of the molecule is C.C.C.C.C.C.C.C.C.C.C.C.CCC(=O)OC1C(O)C(CO)OC(OC2OC(CO)C(O)C(O)C2OSOOO)C1OC(=O)C(C)CC(C)C(O)CC.CCC(=O)OC1C(OC2OC(CO)C(O)C(O)C2OSOOO)OC(CO)C(O)C1OC(=O)C(C)CC(C)C(O)CC. The molecule has 96 heavy (non-hydrogen) atoms. The van der Waals surface area contributed by atoms with Crippen LogP contribution in [0.2, 0.25) is 0 Å². The first-order valence-corrected chi connectivity index (χ1v) is 28.4. The Labute approximate surface area is 580 Å². The van der Waals surface area contributed by atoms with E-state index in [4.69, 9.17) is 66.2 Å². The molecule has 0 bridgehead atoms. The highest BCUT2D eigenvalue weighted by molar-refractivity contribution is 7.89. The average Bonchev–Trinajstić information content (AvgIpc) is 0.792. The Morgan fingerprint density at radius 1 is 0.396 bits per heavy atom. The van der Waals surface area contributed by atoms with Crippen molar-refractivity contribution in [3.05, 3.63) is 0 Å². The molecule has 4 rings (SSSR count). The van der Waals surface area contributed by atoms with E-state index >= 15 is 0 Å². The number of ether oxygens (including phenoxy) is 10. The molecule has 0 saturated carbocycles. The van der Waals surface area contributed by atoms with E-state index in [1.54, 1.807) is 41.5 Å². The van der Waals surface area contributed by atoms with Gasteiger partial charge in [0.05, 0.1) is 50.5 Å². The Bertz CT molecular complexity index is 1910. The summed E-state index contributed by atoms with van der Waals surface area (Å²) in [6.45, 7) is 10.1. The van der Waals surface area contributed by atoms with Crippen molar-refractivity contribution >= 4 is 48.5 Å². The van der Waals surface area contributed by atoms with Gasteiger partial charge in [-0.1, -0.05) is 155 Å². The van der Waals surface area contributed by atoms with Gasteiger partial charge in [-0.25, -0.2) is 10.5 Å². The molecular weight excluding hydrogens is 1330 g/mol. The fraction of sp³-hybridized carbons (Fsp3) is 0.933. The minimum Gasteiger partial charge on any atom is -0.455 e. The second kappa shape index (κ2) is 58.1. The number of aliphatic hydroxyl groups is 12. The number of aliphatic hydroxyl groups excluding tert-OH is 12. The highest BCUT2D eigenvalue weighted by atomic mass is 32.2. The molecule has 4 saturated heterocycles. The van der Waals surface area contributed by atoms with Crippen molar-refractivity contribution in [2.45, 2.75) is 318 Å². The summed E-state index contributed by atoms with van der Waals surface area (Å²) >= 11 is 0.0427. The standard InChI is InChI=1S/2C24H42O17S.12CH4/c1-5-12(27)10(3)7-11(4)22(32)37-19-17(30)14(9-26)35-24(21(19)36-15(28)6-2)38-23-20(39-42-41-40-33)18(31)16(29)13(8-25)34-23;1-5-12(27)10(3)7-11(4)22(32)37-21-19(36-15(28)6-2)17(30)14(9-26)35-24(21)38-23-20(39-42-41-40-33)18(31)16(29)13(8-25)34-23;;;;;;;;;;;;/h2*10-14,16-21,23-27,29-31,33H,5-9H2,1-4H3;12*1H4. The van der Waals surface area contributed by atoms with E-state index in [1.807, 2.05) is 0 Å². The highest BCUT2D eigenvalue weighted by Crippen LogP contribution is 2.37. The van der Waals surface area contributed by atoms with Gasteiger partial charge in [-0.2, -0.15) is 0 Å². The number of hydrogen-bond acceptors (Lipinski definition) is 36.